The number of likely N-dealkylation sites (tertiary alicyclic amines) is 2. The molecule has 0 atom stereocenters. The molecule has 1 amide bonds. The number of benzene rings is 1. The lowest BCUT2D eigenvalue weighted by molar-refractivity contribution is -0.134. The van der Waals surface area contributed by atoms with E-state index in [2.05, 4.69) is 9.80 Å². The van der Waals surface area contributed by atoms with Gasteiger partial charge in [-0.3, -0.25) is 9.69 Å². The van der Waals surface area contributed by atoms with Crippen LogP contribution < -0.4 is 0 Å². The minimum absolute atomic E-state index is 0.185. The van der Waals surface area contributed by atoms with Crippen molar-refractivity contribution in [3.63, 3.8) is 0 Å². The van der Waals surface area contributed by atoms with E-state index < -0.39 is 10.0 Å². The van der Waals surface area contributed by atoms with Crippen LogP contribution >= 0.6 is 0 Å². The number of piperidine rings is 1. The lowest BCUT2D eigenvalue weighted by atomic mass is 10.0. The Morgan fingerprint density at radius 1 is 0.900 bits per heavy atom. The molecule has 0 unspecified atom stereocenters. The van der Waals surface area contributed by atoms with Crippen LogP contribution in [0.25, 0.3) is 0 Å². The molecule has 0 aliphatic carbocycles. The van der Waals surface area contributed by atoms with Crippen molar-refractivity contribution in [2.75, 3.05) is 58.9 Å². The normalized spacial score (nSPS) is 23.2. The Bertz CT molecular complexity index is 820. The lowest BCUT2D eigenvalue weighted by Crippen LogP contribution is -2.53. The SMILES string of the molecule is Cc1ccc(S(=O)(=O)N2CCN(CC(=O)N3CCC(N4CCCC4)CC3)CC2)cc1. The highest BCUT2D eigenvalue weighted by Crippen LogP contribution is 2.22. The van der Waals surface area contributed by atoms with E-state index in [-0.39, 0.29) is 5.91 Å². The Morgan fingerprint density at radius 2 is 1.50 bits per heavy atom. The fourth-order valence-electron chi connectivity index (χ4n) is 4.87. The number of piperazine rings is 1. The zero-order chi connectivity index (χ0) is 21.1. The third kappa shape index (κ3) is 4.88. The number of hydrogen-bond acceptors (Lipinski definition) is 5. The van der Waals surface area contributed by atoms with Gasteiger partial charge in [-0.15, -0.1) is 0 Å². The van der Waals surface area contributed by atoms with Crippen LogP contribution in [0.5, 0.6) is 0 Å². The molecule has 7 nitrogen and oxygen atoms in total. The first-order valence-electron chi connectivity index (χ1n) is 11.2. The molecule has 0 aromatic heterocycles. The van der Waals surface area contributed by atoms with E-state index in [9.17, 15) is 13.2 Å². The van der Waals surface area contributed by atoms with E-state index in [0.29, 0.717) is 43.7 Å². The van der Waals surface area contributed by atoms with Crippen LogP contribution in [-0.4, -0.2) is 98.3 Å². The summed E-state index contributed by atoms with van der Waals surface area (Å²) in [4.78, 5) is 19.8. The summed E-state index contributed by atoms with van der Waals surface area (Å²) in [5.74, 6) is 0.185. The Labute approximate surface area is 180 Å². The van der Waals surface area contributed by atoms with E-state index in [1.165, 1.54) is 25.9 Å². The molecule has 0 bridgehead atoms. The van der Waals surface area contributed by atoms with Crippen LogP contribution in [0.2, 0.25) is 0 Å². The molecule has 30 heavy (non-hydrogen) atoms. The monoisotopic (exact) mass is 434 g/mol. The first-order valence-corrected chi connectivity index (χ1v) is 12.7. The summed E-state index contributed by atoms with van der Waals surface area (Å²) in [5, 5.41) is 0. The second-order valence-corrected chi connectivity index (χ2v) is 10.8. The fraction of sp³-hybridized carbons (Fsp3) is 0.682. The number of carbonyl (C=O) groups excluding carboxylic acids is 1. The van der Waals surface area contributed by atoms with Crippen molar-refractivity contribution >= 4 is 15.9 Å². The van der Waals surface area contributed by atoms with Gasteiger partial charge >= 0.3 is 0 Å². The number of rotatable bonds is 5. The Balaban J connectivity index is 1.24. The van der Waals surface area contributed by atoms with Gasteiger partial charge in [0.25, 0.3) is 0 Å². The molecule has 0 radical (unpaired) electrons. The van der Waals surface area contributed by atoms with E-state index in [4.69, 9.17) is 0 Å². The summed E-state index contributed by atoms with van der Waals surface area (Å²) < 4.78 is 27.2. The number of aryl methyl sites for hydroxylation is 1. The first-order chi connectivity index (χ1) is 14.4. The zero-order valence-electron chi connectivity index (χ0n) is 18.0. The van der Waals surface area contributed by atoms with Gasteiger partial charge in [0.15, 0.2) is 0 Å². The highest BCUT2D eigenvalue weighted by molar-refractivity contribution is 7.89. The third-order valence-corrected chi connectivity index (χ3v) is 8.74. The topological polar surface area (TPSA) is 64.2 Å². The average Bonchev–Trinajstić information content (AvgIpc) is 3.29. The summed E-state index contributed by atoms with van der Waals surface area (Å²) in [6, 6.07) is 7.65. The van der Waals surface area contributed by atoms with Crippen LogP contribution in [0.1, 0.15) is 31.2 Å². The molecule has 1 aromatic carbocycles. The highest BCUT2D eigenvalue weighted by Gasteiger charge is 2.31. The van der Waals surface area contributed by atoms with Gasteiger partial charge in [-0.05, 0) is 57.8 Å². The summed E-state index contributed by atoms with van der Waals surface area (Å²) in [7, 11) is -3.46. The maximum Gasteiger partial charge on any atom is 0.243 e. The van der Waals surface area contributed by atoms with Gasteiger partial charge in [0.05, 0.1) is 11.4 Å². The number of amides is 1. The summed E-state index contributed by atoms with van der Waals surface area (Å²) in [5.41, 5.74) is 1.04. The number of carbonyl (C=O) groups is 1. The number of nitrogens with zero attached hydrogens (tertiary/aromatic N) is 4. The average molecular weight is 435 g/mol. The molecule has 1 aromatic rings. The molecule has 3 aliphatic rings. The molecule has 166 valence electrons. The second kappa shape index (κ2) is 9.34. The molecule has 8 heteroatoms. The van der Waals surface area contributed by atoms with Crippen molar-refractivity contribution in [1.29, 1.82) is 0 Å². The maximum atomic E-state index is 12.8. The van der Waals surface area contributed by atoms with Crippen molar-refractivity contribution in [2.24, 2.45) is 0 Å². The van der Waals surface area contributed by atoms with E-state index >= 15 is 0 Å². The van der Waals surface area contributed by atoms with Gasteiger partial charge in [-0.1, -0.05) is 17.7 Å². The zero-order valence-corrected chi connectivity index (χ0v) is 18.8. The van der Waals surface area contributed by atoms with Crippen LogP contribution in [0.15, 0.2) is 29.2 Å². The molecule has 4 rings (SSSR count). The first kappa shape index (κ1) is 21.7. The standard InChI is InChI=1S/C22H34N4O3S/c1-19-4-6-21(7-5-19)30(28,29)26-16-14-23(15-17-26)18-22(27)25-12-8-20(9-13-25)24-10-2-3-11-24/h4-7,20H,2-3,8-18H2,1H3. The maximum absolute atomic E-state index is 12.8. The number of sulfonamides is 1. The third-order valence-electron chi connectivity index (χ3n) is 6.82. The van der Waals surface area contributed by atoms with Crippen molar-refractivity contribution in [3.8, 4) is 0 Å². The molecule has 0 saturated carbocycles. The van der Waals surface area contributed by atoms with Crippen molar-refractivity contribution < 1.29 is 13.2 Å². The Hall–Kier alpha value is -1.48. The largest absolute Gasteiger partial charge is 0.341 e. The van der Waals surface area contributed by atoms with Crippen LogP contribution in [-0.2, 0) is 14.8 Å². The predicted molar refractivity (Wildman–Crippen MR) is 117 cm³/mol. The molecule has 3 heterocycles. The second-order valence-electron chi connectivity index (χ2n) is 8.85. The van der Waals surface area contributed by atoms with E-state index in [1.807, 2.05) is 24.0 Å². The summed E-state index contributed by atoms with van der Waals surface area (Å²) in [6.45, 7) is 8.53. The van der Waals surface area contributed by atoms with Gasteiger partial charge in [0.2, 0.25) is 15.9 Å². The molecule has 3 saturated heterocycles. The lowest BCUT2D eigenvalue weighted by Gasteiger charge is -2.38. The van der Waals surface area contributed by atoms with Gasteiger partial charge in [-0.2, -0.15) is 4.31 Å². The van der Waals surface area contributed by atoms with Crippen molar-refractivity contribution in [3.05, 3.63) is 29.8 Å². The van der Waals surface area contributed by atoms with Gasteiger partial charge in [0, 0.05) is 45.3 Å². The van der Waals surface area contributed by atoms with Crippen LogP contribution in [0, 0.1) is 6.92 Å². The minimum Gasteiger partial charge on any atom is -0.341 e. The molecular weight excluding hydrogens is 400 g/mol. The highest BCUT2D eigenvalue weighted by atomic mass is 32.2. The molecular formula is C22H34N4O3S. The molecule has 0 spiro atoms. The van der Waals surface area contributed by atoms with E-state index in [0.717, 1.165) is 31.5 Å². The van der Waals surface area contributed by atoms with Crippen molar-refractivity contribution in [1.82, 2.24) is 19.0 Å². The quantitative estimate of drug-likeness (QED) is 0.701. The summed E-state index contributed by atoms with van der Waals surface area (Å²) >= 11 is 0. The van der Waals surface area contributed by atoms with Gasteiger partial charge in [0.1, 0.15) is 0 Å². The van der Waals surface area contributed by atoms with Crippen LogP contribution in [0.4, 0.5) is 0 Å². The van der Waals surface area contributed by atoms with Gasteiger partial charge in [-0.25, -0.2) is 8.42 Å². The Kier molecular flexibility index (Phi) is 6.77. The molecule has 3 aliphatic heterocycles. The fourth-order valence-corrected chi connectivity index (χ4v) is 6.29. The van der Waals surface area contributed by atoms with Gasteiger partial charge < -0.3 is 9.80 Å². The Morgan fingerprint density at radius 3 is 2.10 bits per heavy atom. The molecule has 3 fully saturated rings. The molecule has 0 N–H and O–H groups in total. The van der Waals surface area contributed by atoms with Crippen molar-refractivity contribution in [2.45, 2.75) is 43.5 Å². The summed E-state index contributed by atoms with van der Waals surface area (Å²) in [6.07, 6.45) is 4.78. The minimum atomic E-state index is -3.46. The van der Waals surface area contributed by atoms with E-state index in [1.54, 1.807) is 16.4 Å². The smallest absolute Gasteiger partial charge is 0.243 e. The van der Waals surface area contributed by atoms with Crippen LogP contribution in [0.3, 0.4) is 0 Å². The number of hydrogen-bond donors (Lipinski definition) is 0. The predicted octanol–water partition coefficient (Wildman–Crippen LogP) is 1.39.